The van der Waals surface area contributed by atoms with Crippen molar-refractivity contribution in [2.24, 2.45) is 0 Å². The van der Waals surface area contributed by atoms with E-state index < -0.39 is 0 Å². The molecule has 2 nitrogen and oxygen atoms in total. The molecule has 2 rings (SSSR count). The van der Waals surface area contributed by atoms with Crippen molar-refractivity contribution >= 4 is 29.1 Å². The first-order valence-corrected chi connectivity index (χ1v) is 12.3. The van der Waals surface area contributed by atoms with E-state index in [0.717, 1.165) is 18.8 Å². The Hall–Kier alpha value is 0.593. The molecule has 1 saturated heterocycles. The molecule has 115 valence electrons. The molecule has 6 heteroatoms. The number of para-hydroxylation sites is 1. The van der Waals surface area contributed by atoms with Gasteiger partial charge in [-0.25, -0.2) is 0 Å². The third kappa shape index (κ3) is 8.79. The second-order valence-electron chi connectivity index (χ2n) is 5.63. The van der Waals surface area contributed by atoms with Gasteiger partial charge < -0.3 is 9.62 Å². The van der Waals surface area contributed by atoms with E-state index >= 15 is 0 Å². The van der Waals surface area contributed by atoms with Crippen LogP contribution in [0.3, 0.4) is 0 Å². The molecule has 1 aromatic carbocycles. The maximum atomic E-state index is 3.20. The van der Waals surface area contributed by atoms with Crippen LogP contribution in [-0.4, -0.2) is 65.1 Å². The van der Waals surface area contributed by atoms with Gasteiger partial charge >= 0.3 is 7.55 Å². The Bertz CT molecular complexity index is 346. The molecular formula is C14H27BN2P2Pt+. The standard InChI is InChI=1S/C9H11BN2.C5H14P2.Pt/c1-11-7-8-12(10-11)9-5-3-2-4-6-9;1-6(2)5-7(3)4;/h2-5H,7-8H2,1H3;5H2,1-4H3;/q-1;;/p+2. The van der Waals surface area contributed by atoms with Crippen LogP contribution in [0.5, 0.6) is 0 Å². The Morgan fingerprint density at radius 2 is 1.80 bits per heavy atom. The monoisotopic (exact) mass is 491 g/mol. The SMILES string of the molecule is CN1[B]N(c2[c-]cccc2)CC1.C[PH+](C)C[PH+](C)C.[Pt]. The van der Waals surface area contributed by atoms with E-state index in [1.165, 1.54) is 0 Å². The maximum absolute atomic E-state index is 3.20. The molecule has 0 aliphatic carbocycles. The molecule has 1 aliphatic heterocycles. The average Bonchev–Trinajstić information content (AvgIpc) is 2.76. The molecule has 1 radical (unpaired) electrons. The van der Waals surface area contributed by atoms with Gasteiger partial charge in [0, 0.05) is 76.7 Å². The smallest absolute Gasteiger partial charge is 0.350 e. The number of nitrogens with zero attached hydrogens (tertiary/aromatic N) is 2. The molecule has 1 fully saturated rings. The summed E-state index contributed by atoms with van der Waals surface area (Å²) in [5.74, 6) is 1.56. The van der Waals surface area contributed by atoms with Gasteiger partial charge in [-0.3, -0.25) is 0 Å². The summed E-state index contributed by atoms with van der Waals surface area (Å²) in [5, 5.41) is 0. The molecule has 0 amide bonds. The van der Waals surface area contributed by atoms with Crippen molar-refractivity contribution < 1.29 is 21.1 Å². The summed E-state index contributed by atoms with van der Waals surface area (Å²) in [6, 6.07) is 11.3. The van der Waals surface area contributed by atoms with Crippen molar-refractivity contribution in [3.63, 3.8) is 0 Å². The van der Waals surface area contributed by atoms with Crippen LogP contribution in [0.1, 0.15) is 0 Å². The average molecular weight is 491 g/mol. The van der Waals surface area contributed by atoms with Gasteiger partial charge in [-0.15, -0.1) is 6.07 Å². The fourth-order valence-electron chi connectivity index (χ4n) is 2.07. The Labute approximate surface area is 142 Å². The fraction of sp³-hybridized carbons (Fsp3) is 0.571. The van der Waals surface area contributed by atoms with Crippen molar-refractivity contribution in [1.29, 1.82) is 0 Å². The molecule has 1 heterocycles. The molecule has 0 atom stereocenters. The van der Waals surface area contributed by atoms with Gasteiger partial charge in [0.2, 0.25) is 0 Å². The Kier molecular flexibility index (Phi) is 11.5. The molecular weight excluding hydrogens is 464 g/mol. The minimum absolute atomic E-state index is 0. The number of anilines is 1. The summed E-state index contributed by atoms with van der Waals surface area (Å²) in [7, 11) is 4.43. The third-order valence-corrected chi connectivity index (χ3v) is 8.40. The van der Waals surface area contributed by atoms with Crippen molar-refractivity contribution in [1.82, 2.24) is 4.81 Å². The number of likely N-dealkylation sites (N-methyl/N-ethyl adjacent to an activating group) is 1. The number of rotatable bonds is 3. The largest absolute Gasteiger partial charge is 0.424 e. The molecule has 20 heavy (non-hydrogen) atoms. The molecule has 0 aromatic heterocycles. The first-order chi connectivity index (χ1) is 8.99. The van der Waals surface area contributed by atoms with Crippen LogP contribution in [0.2, 0.25) is 0 Å². The summed E-state index contributed by atoms with van der Waals surface area (Å²) >= 11 is 0. The number of hydrogen-bond donors (Lipinski definition) is 0. The van der Waals surface area contributed by atoms with Gasteiger partial charge in [0.25, 0.3) is 0 Å². The van der Waals surface area contributed by atoms with Gasteiger partial charge in [-0.05, 0) is 7.05 Å². The third-order valence-electron chi connectivity index (χ3n) is 2.74. The Balaban J connectivity index is 0.000000396. The minimum Gasteiger partial charge on any atom is -0.424 e. The second kappa shape index (κ2) is 11.2. The molecule has 0 spiro atoms. The topological polar surface area (TPSA) is 6.48 Å². The van der Waals surface area contributed by atoms with Crippen molar-refractivity contribution in [2.75, 3.05) is 57.5 Å². The van der Waals surface area contributed by atoms with Crippen molar-refractivity contribution in [3.8, 4) is 0 Å². The molecule has 1 aliphatic rings. The quantitative estimate of drug-likeness (QED) is 0.365. The van der Waals surface area contributed by atoms with Crippen LogP contribution >= 0.6 is 15.8 Å². The Morgan fingerprint density at radius 1 is 1.15 bits per heavy atom. The van der Waals surface area contributed by atoms with E-state index in [-0.39, 0.29) is 36.9 Å². The maximum Gasteiger partial charge on any atom is 0.350 e. The summed E-state index contributed by atoms with van der Waals surface area (Å²) < 4.78 is 0. The van der Waals surface area contributed by atoms with Gasteiger partial charge in [-0.2, -0.15) is 24.3 Å². The molecule has 0 bridgehead atoms. The van der Waals surface area contributed by atoms with Gasteiger partial charge in [0.15, 0.2) is 5.90 Å². The number of benzene rings is 1. The van der Waals surface area contributed by atoms with Crippen LogP contribution in [-0.2, 0) is 21.1 Å². The van der Waals surface area contributed by atoms with Crippen molar-refractivity contribution in [3.05, 3.63) is 30.3 Å². The van der Waals surface area contributed by atoms with Gasteiger partial charge in [-0.1, -0.05) is 5.69 Å². The minimum atomic E-state index is 0. The van der Waals surface area contributed by atoms with E-state index in [0.29, 0.717) is 0 Å². The van der Waals surface area contributed by atoms with Crippen molar-refractivity contribution in [2.45, 2.75) is 0 Å². The van der Waals surface area contributed by atoms with E-state index in [2.05, 4.69) is 63.0 Å². The van der Waals surface area contributed by atoms with Crippen LogP contribution < -0.4 is 4.81 Å². The molecule has 0 saturated carbocycles. The van der Waals surface area contributed by atoms with E-state index in [9.17, 15) is 0 Å². The Morgan fingerprint density at radius 3 is 2.15 bits per heavy atom. The first-order valence-electron chi connectivity index (χ1n) is 6.85. The van der Waals surface area contributed by atoms with Crippen LogP contribution in [0.25, 0.3) is 0 Å². The first kappa shape index (κ1) is 20.6. The number of hydrogen-bond acceptors (Lipinski definition) is 2. The summed E-state index contributed by atoms with van der Waals surface area (Å²) in [4.78, 5) is 4.39. The zero-order valence-electron chi connectivity index (χ0n) is 13.2. The molecule has 0 N–H and O–H groups in total. The predicted molar refractivity (Wildman–Crippen MR) is 96.2 cm³/mol. The normalized spacial score (nSPS) is 14.7. The van der Waals surface area contributed by atoms with E-state index in [1.807, 2.05) is 18.2 Å². The van der Waals surface area contributed by atoms with E-state index in [4.69, 9.17) is 0 Å². The zero-order chi connectivity index (χ0) is 14.3. The molecule has 0 unspecified atom stereocenters. The summed E-state index contributed by atoms with van der Waals surface area (Å²) in [5.41, 5.74) is 1.15. The zero-order valence-corrected chi connectivity index (χ0v) is 17.5. The molecule has 1 aromatic rings. The van der Waals surface area contributed by atoms with Crippen LogP contribution in [0, 0.1) is 6.07 Å². The van der Waals surface area contributed by atoms with Crippen LogP contribution in [0.15, 0.2) is 24.3 Å². The van der Waals surface area contributed by atoms with E-state index in [1.54, 1.807) is 5.90 Å². The fourth-order valence-corrected chi connectivity index (χ4v) is 7.73. The summed E-state index contributed by atoms with van der Waals surface area (Å²) in [6.07, 6.45) is 0. The van der Waals surface area contributed by atoms with Gasteiger partial charge in [0.05, 0.1) is 0 Å². The van der Waals surface area contributed by atoms with Crippen LogP contribution in [0.4, 0.5) is 5.69 Å². The summed E-state index contributed by atoms with van der Waals surface area (Å²) in [6.45, 7) is 11.7. The second-order valence-corrected chi connectivity index (χ2v) is 11.9. The van der Waals surface area contributed by atoms with Gasteiger partial charge in [0.1, 0.15) is 0 Å². The predicted octanol–water partition coefficient (Wildman–Crippen LogP) is 2.66.